The fourth-order valence-corrected chi connectivity index (χ4v) is 5.94. The molecule has 29 heavy (non-hydrogen) atoms. The highest BCUT2D eigenvalue weighted by molar-refractivity contribution is 9.11. The van der Waals surface area contributed by atoms with Crippen molar-refractivity contribution in [2.75, 3.05) is 26.9 Å². The third-order valence-corrected chi connectivity index (χ3v) is 7.32. The zero-order valence-electron chi connectivity index (χ0n) is 19.0. The van der Waals surface area contributed by atoms with Gasteiger partial charge in [-0.2, -0.15) is 0 Å². The summed E-state index contributed by atoms with van der Waals surface area (Å²) in [6, 6.07) is 0. The first kappa shape index (κ1) is 23.2. The van der Waals surface area contributed by atoms with Crippen molar-refractivity contribution in [2.24, 2.45) is 27.2 Å². The molecule has 0 aromatic heterocycles. The standard InChI is InChI=1S/C24H38BrNO3/c1-17(24(9-11-28-12-10-24)20-21(27-6)29-20)13-23(4,5)16-26-19-8-7-18(25)14-22(2,3)15-19/h7-8,14,17,20-21H,9-13,15-16H2,1-6H3. The Morgan fingerprint density at radius 1 is 1.28 bits per heavy atom. The summed E-state index contributed by atoms with van der Waals surface area (Å²) in [6.45, 7) is 14.1. The van der Waals surface area contributed by atoms with E-state index < -0.39 is 0 Å². The molecular weight excluding hydrogens is 430 g/mol. The number of nitrogens with zero attached hydrogens (tertiary/aromatic N) is 1. The number of hydrogen-bond acceptors (Lipinski definition) is 4. The Hall–Kier alpha value is -0.490. The first-order chi connectivity index (χ1) is 13.6. The summed E-state index contributed by atoms with van der Waals surface area (Å²) < 4.78 is 18.2. The number of aliphatic imine (C=N–C) groups is 1. The maximum absolute atomic E-state index is 5.92. The van der Waals surface area contributed by atoms with Crippen LogP contribution in [0.1, 0.15) is 60.3 Å². The molecule has 164 valence electrons. The molecule has 3 aliphatic rings. The molecule has 2 heterocycles. The molecule has 0 N–H and O–H groups in total. The van der Waals surface area contributed by atoms with Gasteiger partial charge in [-0.1, -0.05) is 56.6 Å². The van der Waals surface area contributed by atoms with Gasteiger partial charge in [0.15, 0.2) is 6.29 Å². The molecule has 5 heteroatoms. The van der Waals surface area contributed by atoms with E-state index in [0.717, 1.165) is 49.9 Å². The second kappa shape index (κ2) is 8.94. The van der Waals surface area contributed by atoms with Crippen molar-refractivity contribution in [1.82, 2.24) is 0 Å². The lowest BCUT2D eigenvalue weighted by atomic mass is 9.63. The monoisotopic (exact) mass is 467 g/mol. The fourth-order valence-electron chi connectivity index (χ4n) is 5.19. The summed E-state index contributed by atoms with van der Waals surface area (Å²) in [5.74, 6) is 0.531. The third kappa shape index (κ3) is 5.81. The second-order valence-corrected chi connectivity index (χ2v) is 11.5. The highest BCUT2D eigenvalue weighted by Gasteiger charge is 2.58. The van der Waals surface area contributed by atoms with Crippen LogP contribution in [0, 0.1) is 22.2 Å². The van der Waals surface area contributed by atoms with Crippen molar-refractivity contribution in [1.29, 1.82) is 0 Å². The highest BCUT2D eigenvalue weighted by Crippen LogP contribution is 2.53. The zero-order chi connectivity index (χ0) is 21.3. The van der Waals surface area contributed by atoms with E-state index in [1.807, 2.05) is 0 Å². The van der Waals surface area contributed by atoms with E-state index in [9.17, 15) is 0 Å². The van der Waals surface area contributed by atoms with Crippen molar-refractivity contribution in [2.45, 2.75) is 72.7 Å². The Kier molecular flexibility index (Phi) is 7.14. The molecule has 4 nitrogen and oxygen atoms in total. The van der Waals surface area contributed by atoms with Gasteiger partial charge in [0.2, 0.25) is 0 Å². The quantitative estimate of drug-likeness (QED) is 0.436. The molecule has 0 spiro atoms. The van der Waals surface area contributed by atoms with E-state index in [2.05, 4.69) is 68.8 Å². The molecule has 1 aliphatic carbocycles. The van der Waals surface area contributed by atoms with Crippen molar-refractivity contribution < 1.29 is 14.2 Å². The lowest BCUT2D eigenvalue weighted by Gasteiger charge is -2.43. The van der Waals surface area contributed by atoms with Crippen LogP contribution in [0.5, 0.6) is 0 Å². The minimum atomic E-state index is -0.0387. The molecule has 0 radical (unpaired) electrons. The van der Waals surface area contributed by atoms with Crippen LogP contribution < -0.4 is 0 Å². The summed E-state index contributed by atoms with van der Waals surface area (Å²) in [5.41, 5.74) is 1.59. The largest absolute Gasteiger partial charge is 0.381 e. The molecule has 0 saturated carbocycles. The lowest BCUT2D eigenvalue weighted by Crippen LogP contribution is -2.43. The van der Waals surface area contributed by atoms with Gasteiger partial charge in [-0.15, -0.1) is 0 Å². The molecule has 0 aromatic carbocycles. The summed E-state index contributed by atoms with van der Waals surface area (Å²) in [5, 5.41) is 0. The SMILES string of the molecule is COC1OC1C1(C(C)CC(C)(C)CN=C2C=CC(Br)=CC(C)(C)C2)CCOCC1. The van der Waals surface area contributed by atoms with Gasteiger partial charge in [0.25, 0.3) is 0 Å². The highest BCUT2D eigenvalue weighted by atomic mass is 79.9. The topological polar surface area (TPSA) is 43.3 Å². The zero-order valence-corrected chi connectivity index (χ0v) is 20.5. The minimum Gasteiger partial charge on any atom is -0.381 e. The molecule has 2 fully saturated rings. The average Bonchev–Trinajstić information content (AvgIpc) is 3.44. The smallest absolute Gasteiger partial charge is 0.184 e. The van der Waals surface area contributed by atoms with Crippen LogP contribution in [0.3, 0.4) is 0 Å². The Bertz CT molecular complexity index is 674. The molecular formula is C24H38BrNO3. The van der Waals surface area contributed by atoms with Crippen LogP contribution in [0.15, 0.2) is 27.7 Å². The van der Waals surface area contributed by atoms with E-state index >= 15 is 0 Å². The third-order valence-electron chi connectivity index (χ3n) is 6.82. The van der Waals surface area contributed by atoms with E-state index in [0.29, 0.717) is 5.92 Å². The van der Waals surface area contributed by atoms with Crippen molar-refractivity contribution in [3.63, 3.8) is 0 Å². The summed E-state index contributed by atoms with van der Waals surface area (Å²) >= 11 is 3.63. The Labute approximate surface area is 185 Å². The molecule has 0 amide bonds. The number of rotatable bonds is 7. The van der Waals surface area contributed by atoms with Gasteiger partial charge in [0.05, 0.1) is 0 Å². The van der Waals surface area contributed by atoms with Gasteiger partial charge >= 0.3 is 0 Å². The van der Waals surface area contributed by atoms with E-state index in [-0.39, 0.29) is 28.6 Å². The first-order valence-electron chi connectivity index (χ1n) is 10.9. The molecule has 3 rings (SSSR count). The Morgan fingerprint density at radius 2 is 1.97 bits per heavy atom. The van der Waals surface area contributed by atoms with Crippen LogP contribution in [0.4, 0.5) is 0 Å². The van der Waals surface area contributed by atoms with Gasteiger partial charge < -0.3 is 14.2 Å². The van der Waals surface area contributed by atoms with Gasteiger partial charge in [-0.25, -0.2) is 0 Å². The van der Waals surface area contributed by atoms with Crippen molar-refractivity contribution in [3.8, 4) is 0 Å². The summed E-state index contributed by atoms with van der Waals surface area (Å²) in [6.07, 6.45) is 10.9. The fraction of sp³-hybridized carbons (Fsp3) is 0.792. The molecule has 0 aromatic rings. The molecule has 3 atom stereocenters. The summed E-state index contributed by atoms with van der Waals surface area (Å²) in [7, 11) is 1.75. The maximum atomic E-state index is 5.92. The van der Waals surface area contributed by atoms with Crippen LogP contribution in [-0.4, -0.2) is 45.0 Å². The van der Waals surface area contributed by atoms with Crippen LogP contribution in [0.25, 0.3) is 0 Å². The predicted molar refractivity (Wildman–Crippen MR) is 123 cm³/mol. The second-order valence-electron chi connectivity index (χ2n) is 10.6. The normalized spacial score (nSPS) is 31.3. The van der Waals surface area contributed by atoms with Crippen molar-refractivity contribution in [3.05, 3.63) is 22.7 Å². The van der Waals surface area contributed by atoms with Crippen molar-refractivity contribution >= 4 is 21.6 Å². The number of epoxide rings is 1. The Morgan fingerprint density at radius 3 is 2.59 bits per heavy atom. The van der Waals surface area contributed by atoms with Gasteiger partial charge in [-0.3, -0.25) is 4.99 Å². The average molecular weight is 468 g/mol. The van der Waals surface area contributed by atoms with Gasteiger partial charge in [0, 0.05) is 42.5 Å². The van der Waals surface area contributed by atoms with Crippen LogP contribution >= 0.6 is 15.9 Å². The van der Waals surface area contributed by atoms with Gasteiger partial charge in [-0.05, 0) is 54.6 Å². The van der Waals surface area contributed by atoms with Gasteiger partial charge in [0.1, 0.15) is 6.10 Å². The first-order valence-corrected chi connectivity index (χ1v) is 11.7. The number of methoxy groups -OCH3 is 1. The number of halogens is 1. The van der Waals surface area contributed by atoms with Crippen LogP contribution in [-0.2, 0) is 14.2 Å². The Balaban J connectivity index is 1.67. The number of hydrogen-bond donors (Lipinski definition) is 0. The van der Waals surface area contributed by atoms with Crippen LogP contribution in [0.2, 0.25) is 0 Å². The molecule has 0 bridgehead atoms. The molecule has 3 unspecified atom stereocenters. The predicted octanol–water partition coefficient (Wildman–Crippen LogP) is 5.91. The number of allylic oxidation sites excluding steroid dienone is 4. The molecule has 2 aliphatic heterocycles. The maximum Gasteiger partial charge on any atom is 0.184 e. The van der Waals surface area contributed by atoms with E-state index in [1.165, 1.54) is 5.71 Å². The number of ether oxygens (including phenoxy) is 3. The minimum absolute atomic E-state index is 0.0387. The van der Waals surface area contributed by atoms with E-state index in [4.69, 9.17) is 19.2 Å². The lowest BCUT2D eigenvalue weighted by molar-refractivity contribution is -0.0409. The molecule has 2 saturated heterocycles. The summed E-state index contributed by atoms with van der Waals surface area (Å²) in [4.78, 5) is 5.05. The van der Waals surface area contributed by atoms with E-state index in [1.54, 1.807) is 7.11 Å².